The summed E-state index contributed by atoms with van der Waals surface area (Å²) in [7, 11) is 3.96. The van der Waals surface area contributed by atoms with Crippen molar-refractivity contribution in [3.63, 3.8) is 0 Å². The fourth-order valence-electron chi connectivity index (χ4n) is 2.15. The van der Waals surface area contributed by atoms with Crippen molar-refractivity contribution in [3.05, 3.63) is 0 Å². The monoisotopic (exact) mass is 186 g/mol. The molecule has 0 aromatic carbocycles. The number of methoxy groups -OCH3 is 1. The van der Waals surface area contributed by atoms with Crippen molar-refractivity contribution in [3.8, 4) is 0 Å². The van der Waals surface area contributed by atoms with Gasteiger partial charge in [-0.3, -0.25) is 4.90 Å². The molecular weight excluding hydrogens is 164 g/mol. The van der Waals surface area contributed by atoms with Gasteiger partial charge < -0.3 is 9.64 Å². The SMILES string of the molecule is COCC(C)N1CCN(C)C[C@H]1C. The van der Waals surface area contributed by atoms with Crippen LogP contribution in [0.4, 0.5) is 0 Å². The molecule has 0 radical (unpaired) electrons. The molecule has 1 aliphatic rings. The summed E-state index contributed by atoms with van der Waals surface area (Å²) in [6.07, 6.45) is 0. The van der Waals surface area contributed by atoms with E-state index in [0.29, 0.717) is 12.1 Å². The van der Waals surface area contributed by atoms with E-state index in [1.807, 2.05) is 0 Å². The highest BCUT2D eigenvalue weighted by molar-refractivity contribution is 4.80. The summed E-state index contributed by atoms with van der Waals surface area (Å²) in [4.78, 5) is 4.92. The number of ether oxygens (including phenoxy) is 1. The van der Waals surface area contributed by atoms with Crippen molar-refractivity contribution >= 4 is 0 Å². The lowest BCUT2D eigenvalue weighted by Crippen LogP contribution is -2.54. The van der Waals surface area contributed by atoms with Gasteiger partial charge in [0.2, 0.25) is 0 Å². The summed E-state index contributed by atoms with van der Waals surface area (Å²) in [5.74, 6) is 0. The number of hydrogen-bond acceptors (Lipinski definition) is 3. The molecule has 1 aliphatic heterocycles. The molecule has 78 valence electrons. The molecule has 3 nitrogen and oxygen atoms in total. The average Bonchev–Trinajstić information content (AvgIpc) is 2.04. The van der Waals surface area contributed by atoms with E-state index >= 15 is 0 Å². The normalized spacial score (nSPS) is 29.1. The van der Waals surface area contributed by atoms with E-state index in [9.17, 15) is 0 Å². The molecule has 0 aliphatic carbocycles. The highest BCUT2D eigenvalue weighted by atomic mass is 16.5. The zero-order valence-electron chi connectivity index (χ0n) is 9.29. The largest absolute Gasteiger partial charge is 0.383 e. The fourth-order valence-corrected chi connectivity index (χ4v) is 2.15. The third-order valence-corrected chi connectivity index (χ3v) is 2.86. The van der Waals surface area contributed by atoms with Crippen molar-refractivity contribution < 1.29 is 4.74 Å². The van der Waals surface area contributed by atoms with Crippen LogP contribution in [0.25, 0.3) is 0 Å². The van der Waals surface area contributed by atoms with Gasteiger partial charge in [0, 0.05) is 38.8 Å². The predicted octanol–water partition coefficient (Wildman–Crippen LogP) is 0.657. The second-order valence-electron chi connectivity index (χ2n) is 4.15. The second-order valence-corrected chi connectivity index (χ2v) is 4.15. The highest BCUT2D eigenvalue weighted by Gasteiger charge is 2.24. The molecule has 1 unspecified atom stereocenters. The number of hydrogen-bond donors (Lipinski definition) is 0. The standard InChI is InChI=1S/C10H22N2O/c1-9-7-11(3)5-6-12(9)10(2)8-13-4/h9-10H,5-8H2,1-4H3/t9-,10?/m1/s1. The first-order valence-corrected chi connectivity index (χ1v) is 5.08. The van der Waals surface area contributed by atoms with E-state index in [2.05, 4.69) is 30.7 Å². The summed E-state index contributed by atoms with van der Waals surface area (Å²) in [6.45, 7) is 8.90. The Morgan fingerprint density at radius 1 is 1.46 bits per heavy atom. The van der Waals surface area contributed by atoms with Gasteiger partial charge in [0.1, 0.15) is 0 Å². The van der Waals surface area contributed by atoms with E-state index in [1.54, 1.807) is 7.11 Å². The van der Waals surface area contributed by atoms with E-state index < -0.39 is 0 Å². The predicted molar refractivity (Wildman–Crippen MR) is 55.0 cm³/mol. The lowest BCUT2D eigenvalue weighted by atomic mass is 10.1. The summed E-state index contributed by atoms with van der Waals surface area (Å²) in [6, 6.07) is 1.21. The van der Waals surface area contributed by atoms with Crippen LogP contribution in [0, 0.1) is 0 Å². The van der Waals surface area contributed by atoms with Crippen LogP contribution in [0.15, 0.2) is 0 Å². The molecule has 1 rings (SSSR count). The zero-order chi connectivity index (χ0) is 9.84. The maximum absolute atomic E-state index is 5.18. The number of nitrogens with zero attached hydrogens (tertiary/aromatic N) is 2. The van der Waals surface area contributed by atoms with Gasteiger partial charge >= 0.3 is 0 Å². The maximum atomic E-state index is 5.18. The van der Waals surface area contributed by atoms with Crippen LogP contribution >= 0.6 is 0 Å². The molecule has 3 heteroatoms. The van der Waals surface area contributed by atoms with Crippen LogP contribution in [0.1, 0.15) is 13.8 Å². The zero-order valence-corrected chi connectivity index (χ0v) is 9.29. The summed E-state index contributed by atoms with van der Waals surface area (Å²) in [5, 5.41) is 0. The molecule has 1 heterocycles. The molecule has 0 N–H and O–H groups in total. The molecule has 0 aromatic rings. The minimum absolute atomic E-state index is 0.550. The second kappa shape index (κ2) is 4.94. The van der Waals surface area contributed by atoms with E-state index in [-0.39, 0.29) is 0 Å². The van der Waals surface area contributed by atoms with Crippen molar-refractivity contribution in [2.45, 2.75) is 25.9 Å². The van der Waals surface area contributed by atoms with Crippen molar-refractivity contribution in [1.29, 1.82) is 0 Å². The Kier molecular flexibility index (Phi) is 4.16. The minimum atomic E-state index is 0.550. The van der Waals surface area contributed by atoms with Gasteiger partial charge in [-0.1, -0.05) is 0 Å². The summed E-state index contributed by atoms with van der Waals surface area (Å²) >= 11 is 0. The summed E-state index contributed by atoms with van der Waals surface area (Å²) in [5.41, 5.74) is 0. The summed E-state index contributed by atoms with van der Waals surface area (Å²) < 4.78 is 5.18. The van der Waals surface area contributed by atoms with Gasteiger partial charge in [0.25, 0.3) is 0 Å². The first-order valence-electron chi connectivity index (χ1n) is 5.08. The van der Waals surface area contributed by atoms with Crippen LogP contribution in [0.2, 0.25) is 0 Å². The van der Waals surface area contributed by atoms with Gasteiger partial charge in [0.15, 0.2) is 0 Å². The van der Waals surface area contributed by atoms with Gasteiger partial charge in [0.05, 0.1) is 6.61 Å². The Morgan fingerprint density at radius 2 is 2.15 bits per heavy atom. The molecule has 0 amide bonds. The highest BCUT2D eigenvalue weighted by Crippen LogP contribution is 2.11. The van der Waals surface area contributed by atoms with Gasteiger partial charge in [-0.2, -0.15) is 0 Å². The molecule has 1 saturated heterocycles. The first-order chi connectivity index (χ1) is 6.15. The van der Waals surface area contributed by atoms with Gasteiger partial charge in [-0.05, 0) is 20.9 Å². The maximum Gasteiger partial charge on any atom is 0.0615 e. The van der Waals surface area contributed by atoms with Crippen molar-refractivity contribution in [2.75, 3.05) is 40.4 Å². The van der Waals surface area contributed by atoms with Gasteiger partial charge in [-0.15, -0.1) is 0 Å². The first kappa shape index (κ1) is 11.0. The number of rotatable bonds is 3. The molecule has 0 saturated carbocycles. The van der Waals surface area contributed by atoms with Crippen LogP contribution in [0.3, 0.4) is 0 Å². The van der Waals surface area contributed by atoms with Gasteiger partial charge in [-0.25, -0.2) is 0 Å². The Labute approximate surface area is 81.7 Å². The fraction of sp³-hybridized carbons (Fsp3) is 1.00. The van der Waals surface area contributed by atoms with Crippen LogP contribution in [-0.4, -0.2) is 62.3 Å². The molecular formula is C10H22N2O. The number of piperazine rings is 1. The molecule has 0 aromatic heterocycles. The van der Waals surface area contributed by atoms with E-state index in [4.69, 9.17) is 4.74 Å². The quantitative estimate of drug-likeness (QED) is 0.644. The van der Waals surface area contributed by atoms with Crippen LogP contribution in [-0.2, 0) is 4.74 Å². The molecule has 1 fully saturated rings. The molecule has 2 atom stereocenters. The minimum Gasteiger partial charge on any atom is -0.383 e. The molecule has 0 bridgehead atoms. The van der Waals surface area contributed by atoms with Crippen LogP contribution in [0.5, 0.6) is 0 Å². The molecule has 13 heavy (non-hydrogen) atoms. The Bertz CT molecular complexity index is 148. The van der Waals surface area contributed by atoms with Crippen molar-refractivity contribution in [2.24, 2.45) is 0 Å². The Hall–Kier alpha value is -0.120. The van der Waals surface area contributed by atoms with E-state index in [1.165, 1.54) is 19.6 Å². The number of likely N-dealkylation sites (N-methyl/N-ethyl adjacent to an activating group) is 1. The lowest BCUT2D eigenvalue weighted by Gasteiger charge is -2.41. The van der Waals surface area contributed by atoms with Crippen LogP contribution < -0.4 is 0 Å². The topological polar surface area (TPSA) is 15.7 Å². The average molecular weight is 186 g/mol. The van der Waals surface area contributed by atoms with Crippen molar-refractivity contribution in [1.82, 2.24) is 9.80 Å². The Morgan fingerprint density at radius 3 is 2.69 bits per heavy atom. The Balaban J connectivity index is 2.40. The third-order valence-electron chi connectivity index (χ3n) is 2.86. The smallest absolute Gasteiger partial charge is 0.0615 e. The van der Waals surface area contributed by atoms with E-state index in [0.717, 1.165) is 6.61 Å². The molecule has 0 spiro atoms. The third kappa shape index (κ3) is 2.93. The lowest BCUT2D eigenvalue weighted by molar-refractivity contribution is 0.0303.